The van der Waals surface area contributed by atoms with Crippen molar-refractivity contribution >= 4 is 29.1 Å². The van der Waals surface area contributed by atoms with Crippen LogP contribution >= 0.6 is 7.26 Å². The summed E-state index contributed by atoms with van der Waals surface area (Å²) in [5, 5.41) is 13.4. The van der Waals surface area contributed by atoms with Gasteiger partial charge in [0.05, 0.1) is 6.16 Å². The molecule has 2 nitrogen and oxygen atoms in total. The second-order valence-corrected chi connectivity index (χ2v) is 14.1. The van der Waals surface area contributed by atoms with Gasteiger partial charge in [-0.25, -0.2) is 0 Å². The third-order valence-electron chi connectivity index (χ3n) is 6.83. The van der Waals surface area contributed by atoms with Crippen molar-refractivity contribution in [2.75, 3.05) is 6.16 Å². The molecule has 194 valence electrons. The Bertz CT molecular complexity index is 999. The lowest BCUT2D eigenvalue weighted by Gasteiger charge is -2.29. The predicted molar refractivity (Wildman–Crippen MR) is 154 cm³/mol. The molecule has 0 saturated heterocycles. The Labute approximate surface area is 229 Å². The van der Waals surface area contributed by atoms with Gasteiger partial charge in [0.15, 0.2) is 0 Å². The van der Waals surface area contributed by atoms with Crippen LogP contribution in [0.5, 0.6) is 0 Å². The van der Waals surface area contributed by atoms with Crippen molar-refractivity contribution in [1.82, 2.24) is 0 Å². The van der Waals surface area contributed by atoms with Gasteiger partial charge in [0, 0.05) is 6.42 Å². The summed E-state index contributed by atoms with van der Waals surface area (Å²) in [6.07, 6.45) is 6.58. The maximum Gasteiger partial charge on any atom is 0.303 e. The van der Waals surface area contributed by atoms with E-state index in [4.69, 9.17) is 5.11 Å². The summed E-state index contributed by atoms with van der Waals surface area (Å²) < 4.78 is 0. The van der Waals surface area contributed by atoms with Crippen LogP contribution in [0.4, 0.5) is 0 Å². The van der Waals surface area contributed by atoms with Crippen molar-refractivity contribution in [2.24, 2.45) is 0 Å². The van der Waals surface area contributed by atoms with E-state index in [1.54, 1.807) is 0 Å². The number of hydrogen-bond acceptors (Lipinski definition) is 1. The van der Waals surface area contributed by atoms with Crippen LogP contribution in [0, 0.1) is 41.5 Å². The van der Waals surface area contributed by atoms with E-state index in [2.05, 4.69) is 96.1 Å². The molecular formula is C32H42BrO2P. The highest BCUT2D eigenvalue weighted by atomic mass is 79.9. The average Bonchev–Trinajstić information content (AvgIpc) is 2.73. The minimum absolute atomic E-state index is 0. The molecule has 3 aromatic rings. The van der Waals surface area contributed by atoms with Gasteiger partial charge in [0.2, 0.25) is 0 Å². The van der Waals surface area contributed by atoms with Crippen molar-refractivity contribution in [1.29, 1.82) is 0 Å². The third-order valence-corrected chi connectivity index (χ3v) is 11.2. The van der Waals surface area contributed by atoms with E-state index < -0.39 is 13.2 Å². The zero-order valence-corrected chi connectivity index (χ0v) is 25.3. The van der Waals surface area contributed by atoms with E-state index in [9.17, 15) is 4.79 Å². The van der Waals surface area contributed by atoms with Gasteiger partial charge in [0.1, 0.15) is 23.2 Å². The fourth-order valence-electron chi connectivity index (χ4n) is 5.50. The number of aliphatic carboxylic acids is 1. The SMILES string of the molecule is Cc1cc(C)cc([P+](CCCCCCCC(=O)O)(c2cc(C)cc(C)c2)c2cc(C)cc(C)c2)c1.[Br-]. The fraction of sp³-hybridized carbons (Fsp3) is 0.406. The van der Waals surface area contributed by atoms with Gasteiger partial charge in [-0.3, -0.25) is 4.79 Å². The summed E-state index contributed by atoms with van der Waals surface area (Å²) in [6.45, 7) is 13.3. The van der Waals surface area contributed by atoms with Crippen molar-refractivity contribution in [2.45, 2.75) is 80.1 Å². The van der Waals surface area contributed by atoms with Gasteiger partial charge in [-0.15, -0.1) is 0 Å². The summed E-state index contributed by atoms with van der Waals surface area (Å²) >= 11 is 0. The zero-order chi connectivity index (χ0) is 25.6. The lowest BCUT2D eigenvalue weighted by molar-refractivity contribution is -0.137. The largest absolute Gasteiger partial charge is 1.00 e. The summed E-state index contributed by atoms with van der Waals surface area (Å²) in [4.78, 5) is 10.9. The number of aryl methyl sites for hydroxylation is 6. The first-order valence-corrected chi connectivity index (χ1v) is 14.9. The van der Waals surface area contributed by atoms with Crippen molar-refractivity contribution in [3.63, 3.8) is 0 Å². The topological polar surface area (TPSA) is 37.3 Å². The fourth-order valence-corrected chi connectivity index (χ4v) is 10.4. The molecule has 3 aromatic carbocycles. The third kappa shape index (κ3) is 7.77. The summed E-state index contributed by atoms with van der Waals surface area (Å²) in [5.41, 5.74) is 7.95. The quantitative estimate of drug-likeness (QED) is 0.277. The van der Waals surface area contributed by atoms with Crippen molar-refractivity contribution in [3.8, 4) is 0 Å². The molecule has 4 heteroatoms. The van der Waals surface area contributed by atoms with E-state index in [0.717, 1.165) is 38.3 Å². The van der Waals surface area contributed by atoms with Gasteiger partial charge in [-0.2, -0.15) is 0 Å². The molecule has 0 fully saturated rings. The molecular weight excluding hydrogens is 527 g/mol. The summed E-state index contributed by atoms with van der Waals surface area (Å²) in [6, 6.07) is 21.4. The summed E-state index contributed by atoms with van der Waals surface area (Å²) in [5.74, 6) is -0.686. The normalized spacial score (nSPS) is 11.3. The molecule has 1 N–H and O–H groups in total. The molecule has 0 spiro atoms. The van der Waals surface area contributed by atoms with Crippen LogP contribution in [0.15, 0.2) is 54.6 Å². The molecule has 0 saturated carbocycles. The Morgan fingerprint density at radius 1 is 0.556 bits per heavy atom. The second-order valence-electron chi connectivity index (χ2n) is 10.5. The van der Waals surface area contributed by atoms with Gasteiger partial charge >= 0.3 is 5.97 Å². The van der Waals surface area contributed by atoms with Crippen LogP contribution in [0.3, 0.4) is 0 Å². The van der Waals surface area contributed by atoms with Crippen LogP contribution < -0.4 is 32.9 Å². The van der Waals surface area contributed by atoms with E-state index in [-0.39, 0.29) is 23.4 Å². The van der Waals surface area contributed by atoms with E-state index >= 15 is 0 Å². The maximum atomic E-state index is 10.9. The number of unbranched alkanes of at least 4 members (excludes halogenated alkanes) is 4. The Morgan fingerprint density at radius 2 is 0.861 bits per heavy atom. The molecule has 0 heterocycles. The van der Waals surface area contributed by atoms with Crippen LogP contribution in [-0.2, 0) is 4.79 Å². The molecule has 0 amide bonds. The number of rotatable bonds is 11. The highest BCUT2D eigenvalue weighted by Crippen LogP contribution is 2.57. The highest BCUT2D eigenvalue weighted by molar-refractivity contribution is 7.95. The number of carboxylic acids is 1. The number of halogens is 1. The minimum Gasteiger partial charge on any atom is -1.00 e. The number of carbonyl (C=O) groups is 1. The molecule has 0 aliphatic heterocycles. The molecule has 0 radical (unpaired) electrons. The van der Waals surface area contributed by atoms with E-state index in [1.807, 2.05) is 0 Å². The monoisotopic (exact) mass is 568 g/mol. The standard InChI is InChI=1S/C32H41O2P.BrH/c1-23-14-24(2)18-29(17-23)35(30-19-25(3)15-26(4)20-30,31-21-27(5)16-28(6)22-31)13-11-9-7-8-10-12-32(33)34;/h14-22H,7-13H2,1-6H3;1H. The first kappa shape index (κ1) is 30.3. The first-order chi connectivity index (χ1) is 16.6. The maximum absolute atomic E-state index is 10.9. The molecule has 0 aliphatic rings. The molecule has 0 atom stereocenters. The van der Waals surface area contributed by atoms with Crippen LogP contribution in [0.1, 0.15) is 71.9 Å². The molecule has 36 heavy (non-hydrogen) atoms. The van der Waals surface area contributed by atoms with E-state index in [1.165, 1.54) is 49.3 Å². The lowest BCUT2D eigenvalue weighted by Crippen LogP contribution is -3.00. The lowest BCUT2D eigenvalue weighted by atomic mass is 10.1. The predicted octanol–water partition coefficient (Wildman–Crippen LogP) is 4.26. The Balaban J connectivity index is 0.00000456. The molecule has 0 aliphatic carbocycles. The smallest absolute Gasteiger partial charge is 0.303 e. The molecule has 0 unspecified atom stereocenters. The average molecular weight is 570 g/mol. The molecule has 3 rings (SSSR count). The number of hydrogen-bond donors (Lipinski definition) is 1. The second kappa shape index (κ2) is 13.5. The van der Waals surface area contributed by atoms with E-state index in [0.29, 0.717) is 0 Å². The van der Waals surface area contributed by atoms with Crippen molar-refractivity contribution in [3.05, 3.63) is 88.0 Å². The van der Waals surface area contributed by atoms with Crippen LogP contribution in [0.25, 0.3) is 0 Å². The Morgan fingerprint density at radius 3 is 1.19 bits per heavy atom. The van der Waals surface area contributed by atoms with Gasteiger partial charge in [0.25, 0.3) is 0 Å². The summed E-state index contributed by atoms with van der Waals surface area (Å²) in [7, 11) is -1.88. The van der Waals surface area contributed by atoms with Gasteiger partial charge in [-0.05, 0) is 131 Å². The van der Waals surface area contributed by atoms with Crippen LogP contribution in [0.2, 0.25) is 0 Å². The minimum atomic E-state index is -1.88. The van der Waals surface area contributed by atoms with Crippen LogP contribution in [-0.4, -0.2) is 17.2 Å². The van der Waals surface area contributed by atoms with Gasteiger partial charge < -0.3 is 22.1 Å². The molecule has 0 bridgehead atoms. The highest BCUT2D eigenvalue weighted by Gasteiger charge is 2.45. The number of carboxylic acid groups (broad SMARTS) is 1. The first-order valence-electron chi connectivity index (χ1n) is 13.0. The number of benzene rings is 3. The van der Waals surface area contributed by atoms with Gasteiger partial charge in [-0.1, -0.05) is 31.0 Å². The Kier molecular flexibility index (Phi) is 11.4. The molecule has 0 aromatic heterocycles. The van der Waals surface area contributed by atoms with Crippen molar-refractivity contribution < 1.29 is 26.9 Å². The Hall–Kier alpha value is -1.96. The zero-order valence-electron chi connectivity index (χ0n) is 22.8.